The van der Waals surface area contributed by atoms with Crippen molar-refractivity contribution < 1.29 is 14.3 Å². The number of hydrogen-bond acceptors (Lipinski definition) is 7. The van der Waals surface area contributed by atoms with Crippen LogP contribution in [0.3, 0.4) is 0 Å². The second kappa shape index (κ2) is 3.40. The van der Waals surface area contributed by atoms with Gasteiger partial charge in [0, 0.05) is 0 Å². The first-order chi connectivity index (χ1) is 9.06. The van der Waals surface area contributed by atoms with Crippen molar-refractivity contribution in [2.45, 2.75) is 38.9 Å². The Labute approximate surface area is 113 Å². The first-order valence-corrected chi connectivity index (χ1v) is 7.18. The van der Waals surface area contributed by atoms with E-state index in [2.05, 4.69) is 15.2 Å². The number of fused-ring (bicyclic) bond motifs is 5. The Morgan fingerprint density at radius 2 is 2.11 bits per heavy atom. The molecule has 3 aliphatic rings. The standard InChI is InChI=1S/C12H13N3O3S/c1-11-6-3-4-7(17-6)12(11,2)9(16)18-8(11)14-10-15-13-5-19-10/h5-7H,3-4H2,1-2H3/b14-8-/t6-,7-,11-,12+/m1/s1. The Morgan fingerprint density at radius 3 is 2.79 bits per heavy atom. The zero-order valence-electron chi connectivity index (χ0n) is 10.6. The first-order valence-electron chi connectivity index (χ1n) is 6.30. The van der Waals surface area contributed by atoms with Crippen molar-refractivity contribution in [1.82, 2.24) is 10.2 Å². The summed E-state index contributed by atoms with van der Waals surface area (Å²) in [5, 5.41) is 8.14. The monoisotopic (exact) mass is 279 g/mol. The van der Waals surface area contributed by atoms with Crippen LogP contribution in [0.25, 0.3) is 0 Å². The molecule has 6 nitrogen and oxygen atoms in total. The van der Waals surface area contributed by atoms with Gasteiger partial charge >= 0.3 is 5.97 Å². The molecule has 0 unspecified atom stereocenters. The lowest BCUT2D eigenvalue weighted by Gasteiger charge is -2.36. The molecule has 100 valence electrons. The fraction of sp³-hybridized carbons (Fsp3) is 0.667. The molecule has 3 saturated heterocycles. The van der Waals surface area contributed by atoms with Crippen molar-refractivity contribution in [2.24, 2.45) is 15.8 Å². The highest BCUT2D eigenvalue weighted by Crippen LogP contribution is 2.64. The topological polar surface area (TPSA) is 73.7 Å². The summed E-state index contributed by atoms with van der Waals surface area (Å²) in [6.45, 7) is 3.95. The Morgan fingerprint density at radius 1 is 1.37 bits per heavy atom. The number of cyclic esters (lactones) is 1. The normalized spacial score (nSPS) is 45.8. The largest absolute Gasteiger partial charge is 0.410 e. The highest BCUT2D eigenvalue weighted by atomic mass is 32.1. The third kappa shape index (κ3) is 1.16. The molecule has 3 fully saturated rings. The van der Waals surface area contributed by atoms with E-state index in [9.17, 15) is 4.79 Å². The van der Waals surface area contributed by atoms with Gasteiger partial charge in [-0.1, -0.05) is 11.3 Å². The average molecular weight is 279 g/mol. The minimum atomic E-state index is -0.626. The van der Waals surface area contributed by atoms with E-state index in [1.807, 2.05) is 13.8 Å². The molecule has 4 rings (SSSR count). The maximum absolute atomic E-state index is 12.3. The summed E-state index contributed by atoms with van der Waals surface area (Å²) in [5.41, 5.74) is 0.493. The van der Waals surface area contributed by atoms with Gasteiger partial charge in [0.25, 0.3) is 0 Å². The van der Waals surface area contributed by atoms with Gasteiger partial charge in [0.05, 0.1) is 17.6 Å². The van der Waals surface area contributed by atoms with E-state index >= 15 is 0 Å². The molecule has 3 aliphatic heterocycles. The molecule has 7 heteroatoms. The zero-order chi connectivity index (χ0) is 13.3. The molecule has 0 aliphatic carbocycles. The molecule has 4 heterocycles. The predicted molar refractivity (Wildman–Crippen MR) is 67.2 cm³/mol. The number of aliphatic imine (C=N–C) groups is 1. The first kappa shape index (κ1) is 11.5. The number of esters is 1. The van der Waals surface area contributed by atoms with Crippen molar-refractivity contribution in [1.29, 1.82) is 0 Å². The van der Waals surface area contributed by atoms with Crippen LogP contribution in [0.4, 0.5) is 5.13 Å². The summed E-state index contributed by atoms with van der Waals surface area (Å²) in [6.07, 6.45) is 1.80. The number of carbonyl (C=O) groups excluding carboxylic acids is 1. The second-order valence-electron chi connectivity index (χ2n) is 5.62. The van der Waals surface area contributed by atoms with Gasteiger partial charge < -0.3 is 9.47 Å². The smallest absolute Gasteiger partial charge is 0.322 e. The van der Waals surface area contributed by atoms with E-state index < -0.39 is 10.8 Å². The third-order valence-corrected chi connectivity index (χ3v) is 5.57. The van der Waals surface area contributed by atoms with E-state index in [0.717, 1.165) is 12.8 Å². The van der Waals surface area contributed by atoms with Crippen molar-refractivity contribution in [3.63, 3.8) is 0 Å². The molecule has 1 aromatic heterocycles. The average Bonchev–Trinajstić information content (AvgIpc) is 3.10. The molecular weight excluding hydrogens is 266 g/mol. The number of nitrogens with zero attached hydrogens (tertiary/aromatic N) is 3. The lowest BCUT2D eigenvalue weighted by Crippen LogP contribution is -2.48. The van der Waals surface area contributed by atoms with Gasteiger partial charge in [-0.05, 0) is 26.7 Å². The third-order valence-electron chi connectivity index (χ3n) is 4.99. The molecule has 0 N–H and O–H groups in total. The SMILES string of the molecule is C[C@@]12/C(=N/c3nncs3)OC(=O)[C@]1(C)[C@H]1CC[C@H]2O1. The van der Waals surface area contributed by atoms with E-state index in [0.29, 0.717) is 11.0 Å². The summed E-state index contributed by atoms with van der Waals surface area (Å²) < 4.78 is 11.4. The molecular formula is C12H13N3O3S. The summed E-state index contributed by atoms with van der Waals surface area (Å²) in [4.78, 5) is 16.7. The number of hydrogen-bond donors (Lipinski definition) is 0. The van der Waals surface area contributed by atoms with Crippen LogP contribution in [-0.2, 0) is 14.3 Å². The number of aromatic nitrogens is 2. The van der Waals surface area contributed by atoms with E-state index in [4.69, 9.17) is 9.47 Å². The number of carbonyl (C=O) groups is 1. The summed E-state index contributed by atoms with van der Waals surface area (Å²) in [7, 11) is 0. The second-order valence-corrected chi connectivity index (χ2v) is 6.43. The van der Waals surface area contributed by atoms with Crippen molar-refractivity contribution >= 4 is 28.3 Å². The Kier molecular flexibility index (Phi) is 2.06. The highest BCUT2D eigenvalue weighted by Gasteiger charge is 2.75. The van der Waals surface area contributed by atoms with Crippen molar-refractivity contribution in [3.8, 4) is 0 Å². The molecule has 0 radical (unpaired) electrons. The Bertz CT molecular complexity index is 587. The van der Waals surface area contributed by atoms with Crippen molar-refractivity contribution in [2.75, 3.05) is 0 Å². The van der Waals surface area contributed by atoms with Gasteiger partial charge in [-0.3, -0.25) is 4.79 Å². The van der Waals surface area contributed by atoms with Crippen LogP contribution in [0, 0.1) is 10.8 Å². The van der Waals surface area contributed by atoms with Gasteiger partial charge in [0.2, 0.25) is 11.0 Å². The van der Waals surface area contributed by atoms with Crippen LogP contribution in [0.15, 0.2) is 10.5 Å². The minimum Gasteiger partial charge on any atom is -0.410 e. The van der Waals surface area contributed by atoms with Crippen LogP contribution >= 0.6 is 11.3 Å². The zero-order valence-corrected chi connectivity index (χ0v) is 11.4. The Balaban J connectivity index is 1.86. The number of rotatable bonds is 1. The molecule has 4 atom stereocenters. The molecule has 0 saturated carbocycles. The van der Waals surface area contributed by atoms with Gasteiger partial charge in [0.15, 0.2) is 0 Å². The van der Waals surface area contributed by atoms with E-state index in [-0.39, 0.29) is 18.2 Å². The molecule has 19 heavy (non-hydrogen) atoms. The molecule has 0 amide bonds. The lowest BCUT2D eigenvalue weighted by molar-refractivity contribution is -0.146. The minimum absolute atomic E-state index is 0.000575. The van der Waals surface area contributed by atoms with Gasteiger partial charge in [-0.15, -0.1) is 10.2 Å². The molecule has 0 aromatic carbocycles. The summed E-state index contributed by atoms with van der Waals surface area (Å²) in [6, 6.07) is 0. The maximum atomic E-state index is 12.3. The summed E-state index contributed by atoms with van der Waals surface area (Å²) >= 11 is 1.32. The quantitative estimate of drug-likeness (QED) is 0.731. The van der Waals surface area contributed by atoms with Crippen molar-refractivity contribution in [3.05, 3.63) is 5.51 Å². The van der Waals surface area contributed by atoms with E-state index in [1.54, 1.807) is 5.51 Å². The van der Waals surface area contributed by atoms with Crippen LogP contribution in [0.1, 0.15) is 26.7 Å². The summed E-state index contributed by atoms with van der Waals surface area (Å²) in [5.74, 6) is 0.203. The highest BCUT2D eigenvalue weighted by molar-refractivity contribution is 7.13. The maximum Gasteiger partial charge on any atom is 0.322 e. The fourth-order valence-electron chi connectivity index (χ4n) is 3.60. The molecule has 1 aromatic rings. The molecule has 0 spiro atoms. The van der Waals surface area contributed by atoms with Gasteiger partial charge in [0.1, 0.15) is 10.9 Å². The lowest BCUT2D eigenvalue weighted by atomic mass is 9.59. The molecule has 2 bridgehead atoms. The van der Waals surface area contributed by atoms with Gasteiger partial charge in [-0.25, -0.2) is 0 Å². The van der Waals surface area contributed by atoms with Crippen LogP contribution in [-0.4, -0.2) is 34.3 Å². The van der Waals surface area contributed by atoms with Crippen LogP contribution < -0.4 is 0 Å². The fourth-order valence-corrected chi connectivity index (χ4v) is 4.02. The predicted octanol–water partition coefficient (Wildman–Crippen LogP) is 1.70. The Hall–Kier alpha value is -1.34. The van der Waals surface area contributed by atoms with Crippen LogP contribution in [0.2, 0.25) is 0 Å². The van der Waals surface area contributed by atoms with Gasteiger partial charge in [-0.2, -0.15) is 4.99 Å². The van der Waals surface area contributed by atoms with Crippen LogP contribution in [0.5, 0.6) is 0 Å². The van der Waals surface area contributed by atoms with E-state index in [1.165, 1.54) is 11.3 Å². The number of ether oxygens (including phenoxy) is 2.